The van der Waals surface area contributed by atoms with Crippen LogP contribution in [0.15, 0.2) is 24.4 Å². The monoisotopic (exact) mass is 535 g/mol. The Labute approximate surface area is 233 Å². The van der Waals surface area contributed by atoms with Crippen molar-refractivity contribution < 1.29 is 9.53 Å². The zero-order valence-electron chi connectivity index (χ0n) is 25.1. The van der Waals surface area contributed by atoms with Crippen LogP contribution in [0.3, 0.4) is 0 Å². The van der Waals surface area contributed by atoms with Crippen molar-refractivity contribution in [2.45, 2.75) is 122 Å². The van der Waals surface area contributed by atoms with Crippen LogP contribution in [0, 0.1) is 46.3 Å². The van der Waals surface area contributed by atoms with E-state index in [1.807, 2.05) is 31.5 Å². The second-order valence-corrected chi connectivity index (χ2v) is 20.9. The van der Waals surface area contributed by atoms with Gasteiger partial charge in [-0.3, -0.25) is 9.78 Å². The van der Waals surface area contributed by atoms with Gasteiger partial charge in [0.05, 0.1) is 6.10 Å². The van der Waals surface area contributed by atoms with Crippen LogP contribution >= 0.6 is 0 Å². The van der Waals surface area contributed by atoms with Gasteiger partial charge in [0.15, 0.2) is 5.41 Å². The molecule has 1 unspecified atom stereocenters. The number of hydrogen-bond acceptors (Lipinski definition) is 3. The third-order valence-corrected chi connectivity index (χ3v) is 20.3. The van der Waals surface area contributed by atoms with Crippen molar-refractivity contribution >= 4 is 13.5 Å². The van der Waals surface area contributed by atoms with Gasteiger partial charge in [0, 0.05) is 13.3 Å². The lowest BCUT2D eigenvalue weighted by Crippen LogP contribution is -2.54. The fourth-order valence-electron chi connectivity index (χ4n) is 11.6. The Morgan fingerprint density at radius 1 is 0.947 bits per heavy atom. The molecule has 5 aliphatic rings. The minimum atomic E-state index is -2.19. The smallest absolute Gasteiger partial charge is 0.158 e. The Morgan fingerprint density at radius 3 is 2.39 bits per heavy atom. The molecule has 0 bridgehead atoms. The van der Waals surface area contributed by atoms with E-state index in [1.165, 1.54) is 76.3 Å². The van der Waals surface area contributed by atoms with Crippen LogP contribution in [0.5, 0.6) is 0 Å². The molecular weight excluding hydrogens is 482 g/mol. The highest BCUT2D eigenvalue weighted by atomic mass is 28.3. The molecule has 38 heavy (non-hydrogen) atoms. The van der Waals surface area contributed by atoms with Crippen LogP contribution in [-0.2, 0) is 4.74 Å². The van der Waals surface area contributed by atoms with Crippen LogP contribution in [0.4, 0.5) is 0 Å². The van der Waals surface area contributed by atoms with E-state index in [1.54, 1.807) is 0 Å². The summed E-state index contributed by atoms with van der Waals surface area (Å²) in [5.41, 5.74) is 1.75. The number of fused-ring (bicyclic) bond motifs is 5. The molecule has 4 aliphatic carbocycles. The third kappa shape index (κ3) is 3.97. The van der Waals surface area contributed by atoms with Gasteiger partial charge in [-0.15, -0.1) is 0 Å². The van der Waals surface area contributed by atoms with Crippen molar-refractivity contribution in [2.24, 2.45) is 46.3 Å². The average Bonchev–Trinajstić information content (AvgIpc) is 3.50. The van der Waals surface area contributed by atoms with Crippen molar-refractivity contribution in [2.75, 3.05) is 7.11 Å². The Hall–Kier alpha value is -1.00. The van der Waals surface area contributed by atoms with Gasteiger partial charge < -0.3 is 4.74 Å². The van der Waals surface area contributed by atoms with Gasteiger partial charge in [0.1, 0.15) is 13.8 Å². The van der Waals surface area contributed by atoms with E-state index >= 15 is 0 Å². The number of ether oxygens (including phenoxy) is 1. The molecule has 2 heterocycles. The summed E-state index contributed by atoms with van der Waals surface area (Å²) in [4.78, 5) is 18.7. The molecular formula is C34H53NO2Si. The summed E-state index contributed by atoms with van der Waals surface area (Å²) in [7, 11) is -0.267. The molecule has 0 aromatic carbocycles. The molecule has 0 amide bonds. The van der Waals surface area contributed by atoms with Crippen molar-refractivity contribution in [3.05, 3.63) is 30.1 Å². The first-order valence-electron chi connectivity index (χ1n) is 16.0. The van der Waals surface area contributed by atoms with Crippen molar-refractivity contribution in [3.8, 4) is 0 Å². The molecule has 0 spiro atoms. The molecule has 1 aromatic rings. The predicted octanol–water partition coefficient (Wildman–Crippen LogP) is 8.75. The lowest BCUT2D eigenvalue weighted by molar-refractivity contribution is -0.132. The van der Waals surface area contributed by atoms with Gasteiger partial charge in [-0.05, 0) is 133 Å². The minimum absolute atomic E-state index is 0.0843. The Balaban J connectivity index is 1.23. The number of aromatic nitrogens is 1. The largest absolute Gasteiger partial charge is 0.381 e. The number of rotatable bonds is 4. The highest BCUT2D eigenvalue weighted by Gasteiger charge is 2.64. The first-order valence-corrected chi connectivity index (χ1v) is 18.4. The lowest BCUT2D eigenvalue weighted by atomic mass is 9.44. The molecule has 6 rings (SSSR count). The summed E-state index contributed by atoms with van der Waals surface area (Å²) in [5, 5.41) is 0.524. The molecule has 4 saturated carbocycles. The molecule has 0 N–H and O–H groups in total. The summed E-state index contributed by atoms with van der Waals surface area (Å²) in [6.07, 6.45) is 16.1. The predicted molar refractivity (Wildman–Crippen MR) is 158 cm³/mol. The van der Waals surface area contributed by atoms with Gasteiger partial charge in [0.2, 0.25) is 0 Å². The normalized spacial score (nSPS) is 46.7. The molecule has 0 radical (unpaired) electrons. The topological polar surface area (TPSA) is 39.2 Å². The van der Waals surface area contributed by atoms with E-state index in [-0.39, 0.29) is 5.04 Å². The zero-order chi connectivity index (χ0) is 26.9. The van der Waals surface area contributed by atoms with Gasteiger partial charge in [-0.1, -0.05) is 47.1 Å². The lowest BCUT2D eigenvalue weighted by Gasteiger charge is -2.61. The second kappa shape index (κ2) is 9.54. The van der Waals surface area contributed by atoms with Crippen molar-refractivity contribution in [1.82, 2.24) is 4.98 Å². The van der Waals surface area contributed by atoms with E-state index in [2.05, 4.69) is 39.6 Å². The fraction of sp³-hybridized carbons (Fsp3) is 0.824. The van der Waals surface area contributed by atoms with Gasteiger partial charge in [0.25, 0.3) is 0 Å². The maximum atomic E-state index is 14.1. The van der Waals surface area contributed by atoms with Crippen LogP contribution in [0.25, 0.3) is 0 Å². The van der Waals surface area contributed by atoms with Crippen LogP contribution < -0.4 is 0 Å². The summed E-state index contributed by atoms with van der Waals surface area (Å²) in [6.45, 7) is 12.5. The minimum Gasteiger partial charge on any atom is -0.381 e. The maximum Gasteiger partial charge on any atom is 0.158 e. The average molecular weight is 536 g/mol. The molecule has 210 valence electrons. The number of hydrogen-bond donors (Lipinski definition) is 0. The molecule has 3 nitrogen and oxygen atoms in total. The standard InChI is InChI=1S/C34H53NO2Si/c1-32(2,3)38(31(36)30-9-7-8-19-35-30)20-16-23(22-38)27-12-13-28-26-11-10-24-21-25(37-6)14-17-33(24,4)29(26)15-18-34(27,28)5/h7-9,19,23-29H,10-18,20-22H2,1-6H3/t23-,24+,25+,26-,27+,28-,29-,33-,34+,38?/m0/s1. The molecule has 1 saturated heterocycles. The Morgan fingerprint density at radius 2 is 1.68 bits per heavy atom. The number of pyridine rings is 1. The number of methoxy groups -OCH3 is 1. The summed E-state index contributed by atoms with van der Waals surface area (Å²) >= 11 is 0. The van der Waals surface area contributed by atoms with E-state index < -0.39 is 8.07 Å². The van der Waals surface area contributed by atoms with E-state index in [0.29, 0.717) is 22.3 Å². The molecule has 5 fully saturated rings. The Kier molecular flexibility index (Phi) is 6.82. The zero-order valence-corrected chi connectivity index (χ0v) is 26.1. The van der Waals surface area contributed by atoms with Gasteiger partial charge in [-0.2, -0.15) is 0 Å². The van der Waals surface area contributed by atoms with Gasteiger partial charge in [-0.25, -0.2) is 0 Å². The first kappa shape index (κ1) is 27.2. The summed E-state index contributed by atoms with van der Waals surface area (Å²) in [5.74, 6) is 5.19. The van der Waals surface area contributed by atoms with E-state index in [4.69, 9.17) is 4.74 Å². The molecule has 4 heteroatoms. The maximum absolute atomic E-state index is 14.1. The van der Waals surface area contributed by atoms with Crippen molar-refractivity contribution in [1.29, 1.82) is 0 Å². The van der Waals surface area contributed by atoms with E-state index in [9.17, 15) is 4.79 Å². The highest BCUT2D eigenvalue weighted by Crippen LogP contribution is 2.70. The first-order chi connectivity index (χ1) is 18.0. The SMILES string of the molecule is CO[C@@H]1CC[C@@]2(C)[C@H](CC[C@@H]3[C@@H]2CC[C@]2(C)[C@@H]([C@H]4CC[Si](C(=O)c5ccccn5)(C(C)(C)C)C4)CC[C@@H]32)C1. The molecule has 1 aliphatic heterocycles. The van der Waals surface area contributed by atoms with E-state index in [0.717, 1.165) is 41.2 Å². The number of carbonyl (C=O) groups is 1. The van der Waals surface area contributed by atoms with Crippen LogP contribution in [0.1, 0.15) is 109 Å². The number of nitrogens with zero attached hydrogens (tertiary/aromatic N) is 1. The summed E-state index contributed by atoms with van der Waals surface area (Å²) in [6, 6.07) is 8.27. The Bertz CT molecular complexity index is 1040. The van der Waals surface area contributed by atoms with Gasteiger partial charge >= 0.3 is 0 Å². The third-order valence-electron chi connectivity index (χ3n) is 13.9. The molecule has 1 aromatic heterocycles. The number of carbonyl (C=O) groups excluding carboxylic acids is 1. The molecule has 10 atom stereocenters. The fourth-order valence-corrected chi connectivity index (χ4v) is 17.2. The quantitative estimate of drug-likeness (QED) is 0.362. The van der Waals surface area contributed by atoms with Crippen LogP contribution in [-0.4, -0.2) is 31.7 Å². The second-order valence-electron chi connectivity index (χ2n) is 15.9. The van der Waals surface area contributed by atoms with Crippen LogP contribution in [0.2, 0.25) is 17.1 Å². The summed E-state index contributed by atoms with van der Waals surface area (Å²) < 4.78 is 5.84. The van der Waals surface area contributed by atoms with Crippen molar-refractivity contribution in [3.63, 3.8) is 0 Å². The highest BCUT2D eigenvalue weighted by molar-refractivity contribution is 7.10.